The van der Waals surface area contributed by atoms with E-state index in [9.17, 15) is 0 Å². The van der Waals surface area contributed by atoms with Crippen LogP contribution in [0.15, 0.2) is 0 Å². The molecule has 5 rings (SSSR count). The number of hydrogen-bond donors (Lipinski definition) is 0. The molecule has 5 saturated carbocycles. The maximum atomic E-state index is 2.81. The number of rotatable bonds is 4. The Morgan fingerprint density at radius 3 is 2.13 bits per heavy atom. The predicted octanol–water partition coefficient (Wildman–Crippen LogP) is 11.5. The molecule has 0 heteroatoms. The molecule has 0 aromatic heterocycles. The lowest BCUT2D eigenvalue weighted by Gasteiger charge is -2.73. The van der Waals surface area contributed by atoms with E-state index >= 15 is 0 Å². The summed E-state index contributed by atoms with van der Waals surface area (Å²) in [6.45, 7) is 29.4. The van der Waals surface area contributed by atoms with Crippen LogP contribution in [0.1, 0.15) is 147 Å². The van der Waals surface area contributed by atoms with Crippen molar-refractivity contribution in [1.29, 1.82) is 0 Å². The van der Waals surface area contributed by atoms with Gasteiger partial charge in [-0.3, -0.25) is 0 Å². The second-order valence-corrected chi connectivity index (χ2v) is 18.1. The van der Waals surface area contributed by atoms with Gasteiger partial charge in [0.2, 0.25) is 0 Å². The average molecular weight is 525 g/mol. The Labute approximate surface area is 239 Å². The van der Waals surface area contributed by atoms with Crippen LogP contribution in [-0.2, 0) is 0 Å². The van der Waals surface area contributed by atoms with Crippen LogP contribution in [0, 0.1) is 93.2 Å². The summed E-state index contributed by atoms with van der Waals surface area (Å²) in [5.41, 5.74) is 1.49. The monoisotopic (exact) mass is 525 g/mol. The Balaban J connectivity index is 1.43. The highest BCUT2D eigenvalue weighted by Crippen LogP contribution is 2.75. The van der Waals surface area contributed by atoms with Crippen LogP contribution in [-0.4, -0.2) is 0 Å². The summed E-state index contributed by atoms with van der Waals surface area (Å²) in [4.78, 5) is 0. The van der Waals surface area contributed by atoms with Crippen LogP contribution in [0.4, 0.5) is 0 Å². The quantitative estimate of drug-likeness (QED) is 0.343. The van der Waals surface area contributed by atoms with Crippen molar-refractivity contribution in [3.05, 3.63) is 0 Å². The van der Waals surface area contributed by atoms with Crippen molar-refractivity contribution < 1.29 is 0 Å². The summed E-state index contributed by atoms with van der Waals surface area (Å²) in [5.74, 6) is 12.0. The molecule has 0 spiro atoms. The summed E-state index contributed by atoms with van der Waals surface area (Å²) in [6, 6.07) is 0. The van der Waals surface area contributed by atoms with Gasteiger partial charge in [-0.1, -0.05) is 108 Å². The number of hydrogen-bond acceptors (Lipinski definition) is 0. The largest absolute Gasteiger partial charge is 0.0625 e. The minimum absolute atomic E-state index is 0.467. The van der Waals surface area contributed by atoms with E-state index in [0.717, 1.165) is 76.9 Å². The van der Waals surface area contributed by atoms with Crippen molar-refractivity contribution in [2.24, 2.45) is 93.2 Å². The zero-order valence-corrected chi connectivity index (χ0v) is 27.8. The third kappa shape index (κ3) is 4.50. The predicted molar refractivity (Wildman–Crippen MR) is 166 cm³/mol. The van der Waals surface area contributed by atoms with Crippen LogP contribution in [0.2, 0.25) is 0 Å². The van der Waals surface area contributed by atoms with E-state index in [1.165, 1.54) is 51.4 Å². The molecule has 5 fully saturated rings. The minimum Gasteiger partial charge on any atom is -0.0625 e. The van der Waals surface area contributed by atoms with Gasteiger partial charge in [-0.25, -0.2) is 0 Å². The van der Waals surface area contributed by atoms with Gasteiger partial charge >= 0.3 is 0 Å². The molecule has 0 heterocycles. The SMILES string of the molecule is CC1CCCC(CCC2CCC(C)C3C(C)C4C(C)C5(C)C(C)C(C(C)C)C(C)CC5(C)CC4(C)CC23)C1. The fourth-order valence-corrected chi connectivity index (χ4v) is 14.5. The molecule has 0 nitrogen and oxygen atoms in total. The smallest absolute Gasteiger partial charge is 0.0215 e. The van der Waals surface area contributed by atoms with Crippen LogP contribution in [0.25, 0.3) is 0 Å². The van der Waals surface area contributed by atoms with Crippen LogP contribution in [0.5, 0.6) is 0 Å². The van der Waals surface area contributed by atoms with Crippen molar-refractivity contribution >= 4 is 0 Å². The summed E-state index contributed by atoms with van der Waals surface area (Å²) in [7, 11) is 0. The minimum atomic E-state index is 0.467. The molecule has 0 aliphatic heterocycles. The molecular weight excluding hydrogens is 456 g/mol. The highest BCUT2D eigenvalue weighted by Gasteiger charge is 2.68. The first-order chi connectivity index (χ1) is 17.7. The lowest BCUT2D eigenvalue weighted by Crippen LogP contribution is -2.67. The molecule has 0 bridgehead atoms. The second-order valence-electron chi connectivity index (χ2n) is 18.1. The summed E-state index contributed by atoms with van der Waals surface area (Å²) in [5, 5.41) is 0. The Morgan fingerprint density at radius 2 is 1.47 bits per heavy atom. The van der Waals surface area contributed by atoms with Gasteiger partial charge < -0.3 is 0 Å². The highest BCUT2D eigenvalue weighted by molar-refractivity contribution is 5.16. The van der Waals surface area contributed by atoms with Gasteiger partial charge in [0.25, 0.3) is 0 Å². The van der Waals surface area contributed by atoms with E-state index in [2.05, 4.69) is 76.2 Å². The maximum absolute atomic E-state index is 2.81. The van der Waals surface area contributed by atoms with Crippen molar-refractivity contribution in [3.8, 4) is 0 Å². The van der Waals surface area contributed by atoms with Gasteiger partial charge in [0.1, 0.15) is 0 Å². The molecule has 38 heavy (non-hydrogen) atoms. The van der Waals surface area contributed by atoms with Gasteiger partial charge in [0, 0.05) is 0 Å². The molecule has 15 atom stereocenters. The third-order valence-corrected chi connectivity index (χ3v) is 15.7. The van der Waals surface area contributed by atoms with E-state index < -0.39 is 0 Å². The molecule has 5 aliphatic rings. The fraction of sp³-hybridized carbons (Fsp3) is 1.00. The zero-order chi connectivity index (χ0) is 27.8. The maximum Gasteiger partial charge on any atom is -0.0215 e. The van der Waals surface area contributed by atoms with Crippen molar-refractivity contribution in [2.45, 2.75) is 147 Å². The van der Waals surface area contributed by atoms with E-state index in [4.69, 9.17) is 0 Å². The molecule has 15 unspecified atom stereocenters. The zero-order valence-electron chi connectivity index (χ0n) is 27.8. The highest BCUT2D eigenvalue weighted by atomic mass is 14.7. The molecule has 0 amide bonds. The Bertz CT molecular complexity index is 826. The second kappa shape index (κ2) is 10.4. The van der Waals surface area contributed by atoms with Crippen LogP contribution in [0.3, 0.4) is 0 Å². The number of fused-ring (bicyclic) bond motifs is 3. The first kappa shape index (κ1) is 29.5. The van der Waals surface area contributed by atoms with Gasteiger partial charge in [-0.2, -0.15) is 0 Å². The van der Waals surface area contributed by atoms with Crippen LogP contribution < -0.4 is 0 Å². The van der Waals surface area contributed by atoms with E-state index in [0.29, 0.717) is 16.2 Å². The molecule has 0 radical (unpaired) electrons. The lowest BCUT2D eigenvalue weighted by atomic mass is 9.32. The summed E-state index contributed by atoms with van der Waals surface area (Å²) in [6.07, 6.45) is 16.7. The van der Waals surface area contributed by atoms with Gasteiger partial charge in [0.05, 0.1) is 0 Å². The molecule has 0 aromatic rings. The van der Waals surface area contributed by atoms with Gasteiger partial charge in [-0.15, -0.1) is 0 Å². The van der Waals surface area contributed by atoms with Gasteiger partial charge in [0.15, 0.2) is 0 Å². The first-order valence-corrected chi connectivity index (χ1v) is 17.7. The Hall–Kier alpha value is 0. The standard InChI is InChI=1S/C38H68/c1-23(2)33-26(5)20-37(10)22-36(9)21-32-31(18-16-30-14-12-13-24(3)19-30)17-15-25(4)34(32)27(6)35(36)29(8)38(37,11)28(33)7/h23-35H,12-22H2,1-11H3. The van der Waals surface area contributed by atoms with E-state index in [-0.39, 0.29) is 0 Å². The van der Waals surface area contributed by atoms with Crippen molar-refractivity contribution in [3.63, 3.8) is 0 Å². The molecule has 0 saturated heterocycles. The van der Waals surface area contributed by atoms with Crippen molar-refractivity contribution in [2.75, 3.05) is 0 Å². The topological polar surface area (TPSA) is 0 Å². The van der Waals surface area contributed by atoms with Gasteiger partial charge in [-0.05, 0) is 132 Å². The fourth-order valence-electron chi connectivity index (χ4n) is 14.5. The van der Waals surface area contributed by atoms with E-state index in [1.807, 2.05) is 0 Å². The van der Waals surface area contributed by atoms with Crippen LogP contribution >= 0.6 is 0 Å². The Morgan fingerprint density at radius 1 is 0.763 bits per heavy atom. The molecule has 0 aromatic carbocycles. The molecule has 5 aliphatic carbocycles. The Kier molecular flexibility index (Phi) is 8.05. The average Bonchev–Trinajstić information content (AvgIpc) is 2.80. The normalized spacial score (nSPS) is 57.2. The summed E-state index contributed by atoms with van der Waals surface area (Å²) < 4.78 is 0. The molecule has 220 valence electrons. The van der Waals surface area contributed by atoms with Crippen molar-refractivity contribution in [1.82, 2.24) is 0 Å². The molecule has 0 N–H and O–H groups in total. The first-order valence-electron chi connectivity index (χ1n) is 17.7. The lowest BCUT2D eigenvalue weighted by molar-refractivity contribution is -0.247. The van der Waals surface area contributed by atoms with E-state index in [1.54, 1.807) is 19.3 Å². The third-order valence-electron chi connectivity index (χ3n) is 15.7. The summed E-state index contributed by atoms with van der Waals surface area (Å²) >= 11 is 0. The molecular formula is C38H68.